The van der Waals surface area contributed by atoms with Crippen molar-refractivity contribution in [2.24, 2.45) is 0 Å². The number of piperazine rings is 1. The van der Waals surface area contributed by atoms with Gasteiger partial charge in [0.1, 0.15) is 0 Å². The molecule has 132 valence electrons. The second-order valence-electron chi connectivity index (χ2n) is 5.75. The maximum atomic E-state index is 12.7. The van der Waals surface area contributed by atoms with Crippen molar-refractivity contribution < 1.29 is 18.0 Å². The van der Waals surface area contributed by atoms with Gasteiger partial charge in [0.2, 0.25) is 10.0 Å². The third-order valence-corrected chi connectivity index (χ3v) is 6.93. The minimum Gasteiger partial charge on any atom is -0.335 e. The molecule has 0 saturated carbocycles. The standard InChI is InChI=1S/C17H18N2O4S2/c1-13(20)14-4-6-15(7-5-14)25(22,23)19-10-8-18(9-11-19)17(21)16-3-2-12-24-16/h2-7,12H,8-11H2,1H3. The molecule has 0 unspecified atom stereocenters. The molecule has 1 aromatic heterocycles. The van der Waals surface area contributed by atoms with E-state index < -0.39 is 10.0 Å². The van der Waals surface area contributed by atoms with Gasteiger partial charge in [-0.05, 0) is 30.5 Å². The van der Waals surface area contributed by atoms with E-state index in [1.807, 2.05) is 11.4 Å². The van der Waals surface area contributed by atoms with Crippen molar-refractivity contribution in [1.29, 1.82) is 0 Å². The van der Waals surface area contributed by atoms with Gasteiger partial charge in [0, 0.05) is 31.7 Å². The lowest BCUT2D eigenvalue weighted by molar-refractivity contribution is 0.0702. The van der Waals surface area contributed by atoms with E-state index in [9.17, 15) is 18.0 Å². The summed E-state index contributed by atoms with van der Waals surface area (Å²) in [6.07, 6.45) is 0. The van der Waals surface area contributed by atoms with Gasteiger partial charge in [-0.25, -0.2) is 8.42 Å². The highest BCUT2D eigenvalue weighted by molar-refractivity contribution is 7.89. The lowest BCUT2D eigenvalue weighted by Crippen LogP contribution is -2.50. The summed E-state index contributed by atoms with van der Waals surface area (Å²) in [4.78, 5) is 26.1. The average molecular weight is 378 g/mol. The molecule has 25 heavy (non-hydrogen) atoms. The fourth-order valence-corrected chi connectivity index (χ4v) is 4.81. The Balaban J connectivity index is 1.69. The van der Waals surface area contributed by atoms with Crippen LogP contribution in [0.3, 0.4) is 0 Å². The number of benzene rings is 1. The topological polar surface area (TPSA) is 74.8 Å². The molecule has 6 nitrogen and oxygen atoms in total. The van der Waals surface area contributed by atoms with Crippen LogP contribution in [0.2, 0.25) is 0 Å². The Labute approximate surface area is 150 Å². The molecular weight excluding hydrogens is 360 g/mol. The highest BCUT2D eigenvalue weighted by Gasteiger charge is 2.30. The van der Waals surface area contributed by atoms with E-state index in [2.05, 4.69) is 0 Å². The van der Waals surface area contributed by atoms with Crippen LogP contribution in [0.4, 0.5) is 0 Å². The maximum Gasteiger partial charge on any atom is 0.264 e. The summed E-state index contributed by atoms with van der Waals surface area (Å²) in [5.41, 5.74) is 0.477. The first-order chi connectivity index (χ1) is 11.9. The van der Waals surface area contributed by atoms with Gasteiger partial charge in [-0.15, -0.1) is 11.3 Å². The molecule has 1 aliphatic heterocycles. The highest BCUT2D eigenvalue weighted by Crippen LogP contribution is 2.20. The Bertz CT molecular complexity index is 866. The molecule has 1 aromatic carbocycles. The van der Waals surface area contributed by atoms with Crippen LogP contribution in [0.25, 0.3) is 0 Å². The molecular formula is C17H18N2O4S2. The summed E-state index contributed by atoms with van der Waals surface area (Å²) in [5, 5.41) is 1.85. The Kier molecular flexibility index (Phi) is 5.03. The van der Waals surface area contributed by atoms with E-state index in [1.54, 1.807) is 11.0 Å². The normalized spacial score (nSPS) is 16.0. The smallest absolute Gasteiger partial charge is 0.264 e. The molecule has 0 N–H and O–H groups in total. The molecule has 0 spiro atoms. The Morgan fingerprint density at radius 2 is 1.64 bits per heavy atom. The van der Waals surface area contributed by atoms with Crippen molar-refractivity contribution in [3.8, 4) is 0 Å². The largest absolute Gasteiger partial charge is 0.335 e. The number of nitrogens with zero attached hydrogens (tertiary/aromatic N) is 2. The van der Waals surface area contributed by atoms with E-state index in [-0.39, 0.29) is 29.7 Å². The Hall–Kier alpha value is -2.03. The number of hydrogen-bond donors (Lipinski definition) is 0. The lowest BCUT2D eigenvalue weighted by atomic mass is 10.2. The summed E-state index contributed by atoms with van der Waals surface area (Å²) < 4.78 is 26.8. The molecule has 1 amide bonds. The second-order valence-corrected chi connectivity index (χ2v) is 8.64. The van der Waals surface area contributed by atoms with Gasteiger partial charge in [0.05, 0.1) is 9.77 Å². The highest BCUT2D eigenvalue weighted by atomic mass is 32.2. The quantitative estimate of drug-likeness (QED) is 0.764. The number of hydrogen-bond acceptors (Lipinski definition) is 5. The van der Waals surface area contributed by atoms with Crippen molar-refractivity contribution in [2.75, 3.05) is 26.2 Å². The first-order valence-electron chi connectivity index (χ1n) is 7.83. The molecule has 3 rings (SSSR count). The van der Waals surface area contributed by atoms with Gasteiger partial charge in [0.15, 0.2) is 5.78 Å². The van der Waals surface area contributed by atoms with Crippen LogP contribution >= 0.6 is 11.3 Å². The van der Waals surface area contributed by atoms with Crippen LogP contribution in [-0.2, 0) is 10.0 Å². The van der Waals surface area contributed by atoms with Crippen molar-refractivity contribution in [3.05, 3.63) is 52.2 Å². The zero-order chi connectivity index (χ0) is 18.0. The predicted molar refractivity (Wildman–Crippen MR) is 95.4 cm³/mol. The van der Waals surface area contributed by atoms with E-state index in [1.165, 1.54) is 46.8 Å². The molecule has 0 aliphatic carbocycles. The van der Waals surface area contributed by atoms with Gasteiger partial charge >= 0.3 is 0 Å². The molecule has 1 saturated heterocycles. The Morgan fingerprint density at radius 3 is 2.16 bits per heavy atom. The lowest BCUT2D eigenvalue weighted by Gasteiger charge is -2.33. The number of Topliss-reactive ketones (excluding diaryl/α,β-unsaturated/α-hetero) is 1. The van der Waals surface area contributed by atoms with Crippen LogP contribution in [0.15, 0.2) is 46.7 Å². The average Bonchev–Trinajstić information content (AvgIpc) is 3.16. The van der Waals surface area contributed by atoms with Crippen LogP contribution < -0.4 is 0 Å². The summed E-state index contributed by atoms with van der Waals surface area (Å²) >= 11 is 1.38. The number of carbonyl (C=O) groups is 2. The van der Waals surface area contributed by atoms with E-state index in [0.717, 1.165) is 0 Å². The van der Waals surface area contributed by atoms with Gasteiger partial charge in [-0.2, -0.15) is 4.31 Å². The molecule has 0 bridgehead atoms. The van der Waals surface area contributed by atoms with Crippen molar-refractivity contribution in [3.63, 3.8) is 0 Å². The van der Waals surface area contributed by atoms with E-state index in [4.69, 9.17) is 0 Å². The van der Waals surface area contributed by atoms with Crippen LogP contribution in [0.1, 0.15) is 27.0 Å². The predicted octanol–water partition coefficient (Wildman–Crippen LogP) is 2.10. The maximum absolute atomic E-state index is 12.7. The third-order valence-electron chi connectivity index (χ3n) is 4.16. The zero-order valence-electron chi connectivity index (χ0n) is 13.7. The number of sulfonamides is 1. The summed E-state index contributed by atoms with van der Waals surface area (Å²) in [6, 6.07) is 9.54. The second kappa shape index (κ2) is 7.07. The van der Waals surface area contributed by atoms with Gasteiger partial charge < -0.3 is 4.90 Å². The van der Waals surface area contributed by atoms with Crippen molar-refractivity contribution >= 4 is 33.1 Å². The first kappa shape index (κ1) is 17.8. The summed E-state index contributed by atoms with van der Waals surface area (Å²) in [6.45, 7) is 2.68. The zero-order valence-corrected chi connectivity index (χ0v) is 15.3. The minimum atomic E-state index is -3.62. The molecule has 8 heteroatoms. The van der Waals surface area contributed by atoms with E-state index >= 15 is 0 Å². The number of ketones is 1. The summed E-state index contributed by atoms with van der Waals surface area (Å²) in [5.74, 6) is -0.164. The van der Waals surface area contributed by atoms with Crippen LogP contribution in [0, 0.1) is 0 Å². The SMILES string of the molecule is CC(=O)c1ccc(S(=O)(=O)N2CCN(C(=O)c3cccs3)CC2)cc1. The fourth-order valence-electron chi connectivity index (χ4n) is 2.70. The third kappa shape index (κ3) is 3.65. The van der Waals surface area contributed by atoms with Gasteiger partial charge in [-0.1, -0.05) is 18.2 Å². The van der Waals surface area contributed by atoms with Crippen LogP contribution in [0.5, 0.6) is 0 Å². The monoisotopic (exact) mass is 378 g/mol. The number of carbonyl (C=O) groups excluding carboxylic acids is 2. The molecule has 0 atom stereocenters. The van der Waals surface area contributed by atoms with Gasteiger partial charge in [-0.3, -0.25) is 9.59 Å². The van der Waals surface area contributed by atoms with E-state index in [0.29, 0.717) is 23.5 Å². The molecule has 2 heterocycles. The number of thiophene rings is 1. The number of rotatable bonds is 4. The molecule has 0 radical (unpaired) electrons. The van der Waals surface area contributed by atoms with Gasteiger partial charge in [0.25, 0.3) is 5.91 Å². The van der Waals surface area contributed by atoms with Crippen molar-refractivity contribution in [2.45, 2.75) is 11.8 Å². The molecule has 2 aromatic rings. The molecule has 1 fully saturated rings. The fraction of sp³-hybridized carbons (Fsp3) is 0.294. The summed E-state index contributed by atoms with van der Waals surface area (Å²) in [7, 11) is -3.62. The minimum absolute atomic E-state index is 0.0575. The van der Waals surface area contributed by atoms with Crippen LogP contribution in [-0.4, -0.2) is 55.5 Å². The molecule has 1 aliphatic rings. The first-order valence-corrected chi connectivity index (χ1v) is 10.2. The van der Waals surface area contributed by atoms with Crippen molar-refractivity contribution in [1.82, 2.24) is 9.21 Å². The Morgan fingerprint density at radius 1 is 1.00 bits per heavy atom. The number of amides is 1.